The summed E-state index contributed by atoms with van der Waals surface area (Å²) in [5.74, 6) is 0.992. The van der Waals surface area contributed by atoms with Crippen molar-refractivity contribution >= 4 is 42.3 Å². The summed E-state index contributed by atoms with van der Waals surface area (Å²) < 4.78 is 10.4. The van der Waals surface area contributed by atoms with Crippen molar-refractivity contribution in [3.63, 3.8) is 0 Å². The minimum absolute atomic E-state index is 0. The highest BCUT2D eigenvalue weighted by molar-refractivity contribution is 6.30. The number of rotatable bonds is 8. The van der Waals surface area contributed by atoms with E-state index in [2.05, 4.69) is 10.2 Å². The molecule has 2 rings (SSSR count). The van der Waals surface area contributed by atoms with Crippen LogP contribution >= 0.6 is 36.4 Å². The molecule has 0 spiro atoms. The fourth-order valence-corrected chi connectivity index (χ4v) is 2.94. The maximum atomic E-state index is 12.1. The summed E-state index contributed by atoms with van der Waals surface area (Å²) >= 11 is 6.08. The van der Waals surface area contributed by atoms with Gasteiger partial charge in [0.15, 0.2) is 0 Å². The first-order valence-electron chi connectivity index (χ1n) is 8.16. The number of amides is 1. The number of nitrogens with one attached hydrogen (secondary N) is 1. The van der Waals surface area contributed by atoms with Gasteiger partial charge in [-0.2, -0.15) is 0 Å². The summed E-state index contributed by atoms with van der Waals surface area (Å²) in [6, 6.07) is 5.66. The number of hydrogen-bond donors (Lipinski definition) is 1. The molecule has 1 N–H and O–H groups in total. The van der Waals surface area contributed by atoms with Gasteiger partial charge < -0.3 is 19.7 Å². The lowest BCUT2D eigenvalue weighted by atomic mass is 10.1. The zero-order chi connectivity index (χ0) is 17.4. The first kappa shape index (κ1) is 25.2. The second-order valence-corrected chi connectivity index (χ2v) is 6.22. The van der Waals surface area contributed by atoms with Gasteiger partial charge in [-0.15, -0.1) is 24.8 Å². The number of nitrogens with zero attached hydrogens (tertiary/aromatic N) is 2. The van der Waals surface area contributed by atoms with E-state index in [1.807, 2.05) is 23.1 Å². The molecule has 6 nitrogen and oxygen atoms in total. The Balaban J connectivity index is 0.00000312. The standard InChI is InChI=1S/C17H26ClN3O3.2ClH/c1-23-10-5-19-12-17(22)21-8-6-20(7-9-21)13-14-11-15(18)3-4-16(14)24-2;;/h3-4,11,19H,5-10,12-13H2,1-2H3;2*1H. The van der Waals surface area contributed by atoms with E-state index in [1.54, 1.807) is 14.2 Å². The minimum atomic E-state index is 0. The molecule has 0 aromatic heterocycles. The molecule has 1 heterocycles. The number of methoxy groups -OCH3 is 2. The van der Waals surface area contributed by atoms with Crippen molar-refractivity contribution in [2.75, 3.05) is 60.1 Å². The molecule has 0 bridgehead atoms. The molecule has 0 aliphatic carbocycles. The van der Waals surface area contributed by atoms with Gasteiger partial charge in [-0.05, 0) is 18.2 Å². The maximum Gasteiger partial charge on any atom is 0.236 e. The minimum Gasteiger partial charge on any atom is -0.496 e. The largest absolute Gasteiger partial charge is 0.496 e. The van der Waals surface area contributed by atoms with E-state index in [4.69, 9.17) is 21.1 Å². The Hall–Kier alpha value is -0.760. The molecular weight excluding hydrogens is 401 g/mol. The third kappa shape index (κ3) is 7.86. The van der Waals surface area contributed by atoms with Crippen LogP contribution in [0.1, 0.15) is 5.56 Å². The molecule has 1 aromatic carbocycles. The predicted octanol–water partition coefficient (Wildman–Crippen LogP) is 2.07. The highest BCUT2D eigenvalue weighted by Crippen LogP contribution is 2.24. The molecule has 1 saturated heterocycles. The highest BCUT2D eigenvalue weighted by atomic mass is 35.5. The summed E-state index contributed by atoms with van der Waals surface area (Å²) in [6.07, 6.45) is 0. The van der Waals surface area contributed by atoms with Crippen LogP contribution in [0.15, 0.2) is 18.2 Å². The molecule has 0 saturated carbocycles. The number of benzene rings is 1. The van der Waals surface area contributed by atoms with Gasteiger partial charge in [0.25, 0.3) is 0 Å². The molecular formula is C17H28Cl3N3O3. The quantitative estimate of drug-likeness (QED) is 0.643. The van der Waals surface area contributed by atoms with Crippen molar-refractivity contribution in [1.29, 1.82) is 0 Å². The fraction of sp³-hybridized carbons (Fsp3) is 0.588. The molecule has 150 valence electrons. The van der Waals surface area contributed by atoms with Gasteiger partial charge in [-0.1, -0.05) is 11.6 Å². The number of carbonyl (C=O) groups is 1. The number of carbonyl (C=O) groups excluding carboxylic acids is 1. The molecule has 9 heteroatoms. The Kier molecular flexibility index (Phi) is 13.0. The second kappa shape index (κ2) is 13.4. The Morgan fingerprint density at radius 3 is 2.50 bits per heavy atom. The van der Waals surface area contributed by atoms with E-state index in [0.29, 0.717) is 24.7 Å². The van der Waals surface area contributed by atoms with Gasteiger partial charge in [0.2, 0.25) is 5.91 Å². The molecule has 1 fully saturated rings. The first-order valence-corrected chi connectivity index (χ1v) is 8.54. The van der Waals surface area contributed by atoms with Crippen molar-refractivity contribution in [3.05, 3.63) is 28.8 Å². The Morgan fingerprint density at radius 2 is 1.88 bits per heavy atom. The molecule has 0 radical (unpaired) electrons. The van der Waals surface area contributed by atoms with Crippen LogP contribution in [0.25, 0.3) is 0 Å². The van der Waals surface area contributed by atoms with Crippen LogP contribution in [-0.4, -0.2) is 75.8 Å². The summed E-state index contributed by atoms with van der Waals surface area (Å²) in [4.78, 5) is 16.4. The summed E-state index contributed by atoms with van der Waals surface area (Å²) in [5, 5.41) is 3.80. The van der Waals surface area contributed by atoms with Crippen LogP contribution < -0.4 is 10.1 Å². The van der Waals surface area contributed by atoms with E-state index in [1.165, 1.54) is 0 Å². The van der Waals surface area contributed by atoms with Gasteiger partial charge in [-0.25, -0.2) is 0 Å². The Morgan fingerprint density at radius 1 is 1.19 bits per heavy atom. The number of ether oxygens (including phenoxy) is 2. The molecule has 1 aromatic rings. The average molecular weight is 429 g/mol. The van der Waals surface area contributed by atoms with Crippen molar-refractivity contribution < 1.29 is 14.3 Å². The maximum absolute atomic E-state index is 12.1. The summed E-state index contributed by atoms with van der Waals surface area (Å²) in [6.45, 7) is 5.63. The topological polar surface area (TPSA) is 54.0 Å². The molecule has 0 atom stereocenters. The SMILES string of the molecule is COCCNCC(=O)N1CCN(Cc2cc(Cl)ccc2OC)CC1.Cl.Cl. The van der Waals surface area contributed by atoms with E-state index < -0.39 is 0 Å². The van der Waals surface area contributed by atoms with Crippen LogP contribution in [0.2, 0.25) is 5.02 Å². The second-order valence-electron chi connectivity index (χ2n) is 5.78. The smallest absolute Gasteiger partial charge is 0.236 e. The lowest BCUT2D eigenvalue weighted by Crippen LogP contribution is -2.50. The Bertz CT molecular complexity index is 541. The monoisotopic (exact) mass is 427 g/mol. The zero-order valence-corrected chi connectivity index (χ0v) is 17.6. The van der Waals surface area contributed by atoms with Crippen molar-refractivity contribution in [3.8, 4) is 5.75 Å². The van der Waals surface area contributed by atoms with Crippen molar-refractivity contribution in [2.24, 2.45) is 0 Å². The highest BCUT2D eigenvalue weighted by Gasteiger charge is 2.21. The summed E-state index contributed by atoms with van der Waals surface area (Å²) in [7, 11) is 3.32. The lowest BCUT2D eigenvalue weighted by Gasteiger charge is -2.35. The van der Waals surface area contributed by atoms with Crippen LogP contribution in [0.5, 0.6) is 5.75 Å². The number of piperazine rings is 1. The molecule has 26 heavy (non-hydrogen) atoms. The molecule has 1 aliphatic rings. The zero-order valence-electron chi connectivity index (χ0n) is 15.2. The average Bonchev–Trinajstić information content (AvgIpc) is 2.59. The van der Waals surface area contributed by atoms with Gasteiger partial charge in [0.05, 0.1) is 20.3 Å². The van der Waals surface area contributed by atoms with Gasteiger partial charge >= 0.3 is 0 Å². The first-order chi connectivity index (χ1) is 11.6. The van der Waals surface area contributed by atoms with E-state index in [9.17, 15) is 4.79 Å². The van der Waals surface area contributed by atoms with E-state index in [0.717, 1.165) is 44.0 Å². The van der Waals surface area contributed by atoms with Gasteiger partial charge in [0, 0.05) is 57.0 Å². The van der Waals surface area contributed by atoms with Crippen molar-refractivity contribution in [2.45, 2.75) is 6.54 Å². The third-order valence-corrected chi connectivity index (χ3v) is 4.36. The van der Waals surface area contributed by atoms with E-state index >= 15 is 0 Å². The van der Waals surface area contributed by atoms with Gasteiger partial charge in [0.1, 0.15) is 5.75 Å². The van der Waals surface area contributed by atoms with Crippen LogP contribution in [0.3, 0.4) is 0 Å². The number of halogens is 3. The molecule has 0 unspecified atom stereocenters. The summed E-state index contributed by atoms with van der Waals surface area (Å²) in [5.41, 5.74) is 1.08. The fourth-order valence-electron chi connectivity index (χ4n) is 2.75. The molecule has 1 aliphatic heterocycles. The lowest BCUT2D eigenvalue weighted by molar-refractivity contribution is -0.132. The van der Waals surface area contributed by atoms with Crippen LogP contribution in [0, 0.1) is 0 Å². The third-order valence-electron chi connectivity index (χ3n) is 4.12. The van der Waals surface area contributed by atoms with Crippen molar-refractivity contribution in [1.82, 2.24) is 15.1 Å². The Labute approximate surface area is 173 Å². The van der Waals surface area contributed by atoms with Crippen LogP contribution in [-0.2, 0) is 16.1 Å². The number of hydrogen-bond acceptors (Lipinski definition) is 5. The van der Waals surface area contributed by atoms with Gasteiger partial charge in [-0.3, -0.25) is 9.69 Å². The van der Waals surface area contributed by atoms with Crippen LogP contribution in [0.4, 0.5) is 0 Å². The predicted molar refractivity (Wildman–Crippen MR) is 109 cm³/mol. The normalized spacial score (nSPS) is 14.3. The van der Waals surface area contributed by atoms with E-state index in [-0.39, 0.29) is 30.7 Å². The molecule has 1 amide bonds.